The van der Waals surface area contributed by atoms with Gasteiger partial charge in [0.05, 0.1) is 0 Å². The summed E-state index contributed by atoms with van der Waals surface area (Å²) < 4.78 is 6.20. The first-order valence-corrected chi connectivity index (χ1v) is 15.3. The van der Waals surface area contributed by atoms with E-state index in [2.05, 4.69) is 122 Å². The molecule has 0 spiro atoms. The van der Waals surface area contributed by atoms with Gasteiger partial charge in [0.15, 0.2) is 0 Å². The molecule has 0 saturated heterocycles. The van der Waals surface area contributed by atoms with Gasteiger partial charge in [0, 0.05) is 0 Å². The molecule has 1 heterocycles. The summed E-state index contributed by atoms with van der Waals surface area (Å²) in [6.07, 6.45) is 0. The van der Waals surface area contributed by atoms with Gasteiger partial charge >= 0.3 is 177 Å². The van der Waals surface area contributed by atoms with Gasteiger partial charge in [-0.2, -0.15) is 0 Å². The summed E-state index contributed by atoms with van der Waals surface area (Å²) in [6, 6.07) is 30.4. The van der Waals surface area contributed by atoms with Crippen LogP contribution in [0.4, 0.5) is 0 Å². The molecule has 5 nitrogen and oxygen atoms in total. The number of hydrogen-bond donors (Lipinski definition) is 0. The molecule has 0 saturated carbocycles. The Kier molecular flexibility index (Phi) is 5.78. The molecule has 0 unspecified atom stereocenters. The molecular formula is C23H25N5Sn. The summed E-state index contributed by atoms with van der Waals surface area (Å²) in [7, 11) is 4.22. The first kappa shape index (κ1) is 19.8. The van der Waals surface area contributed by atoms with Crippen molar-refractivity contribution in [2.24, 2.45) is 0 Å². The van der Waals surface area contributed by atoms with E-state index in [9.17, 15) is 0 Å². The van der Waals surface area contributed by atoms with E-state index in [-0.39, 0.29) is 0 Å². The summed E-state index contributed by atoms with van der Waals surface area (Å²) in [6.45, 7) is 2.88. The molecule has 0 amide bonds. The van der Waals surface area contributed by atoms with Crippen LogP contribution in [0, 0.1) is 6.92 Å². The van der Waals surface area contributed by atoms with Crippen LogP contribution in [0.15, 0.2) is 84.9 Å². The number of nitrogens with zero attached hydrogens (tertiary/aromatic N) is 5. The van der Waals surface area contributed by atoms with Crippen molar-refractivity contribution in [2.75, 3.05) is 14.1 Å². The molecule has 3 aromatic carbocycles. The van der Waals surface area contributed by atoms with Crippen molar-refractivity contribution in [1.29, 1.82) is 0 Å². The molecule has 0 atom stereocenters. The molecule has 0 fully saturated rings. The van der Waals surface area contributed by atoms with Crippen LogP contribution >= 0.6 is 0 Å². The first-order chi connectivity index (χ1) is 14.1. The summed E-state index contributed by atoms with van der Waals surface area (Å²) in [5.41, 5.74) is 1.33. The van der Waals surface area contributed by atoms with Crippen LogP contribution in [0.1, 0.15) is 11.4 Å². The monoisotopic (exact) mass is 491 g/mol. The fourth-order valence-corrected chi connectivity index (χ4v) is 17.5. The van der Waals surface area contributed by atoms with E-state index in [0.29, 0.717) is 0 Å². The topological polar surface area (TPSA) is 46.8 Å². The summed E-state index contributed by atoms with van der Waals surface area (Å²) in [5.74, 6) is 0.855. The Hall–Kier alpha value is -2.51. The minimum atomic E-state index is -3.81. The predicted molar refractivity (Wildman–Crippen MR) is 119 cm³/mol. The molecule has 0 aliphatic heterocycles. The zero-order chi connectivity index (χ0) is 20.3. The van der Waals surface area contributed by atoms with Crippen molar-refractivity contribution in [3.05, 3.63) is 96.3 Å². The fourth-order valence-electron chi connectivity index (χ4n) is 4.09. The molecule has 0 radical (unpaired) electrons. The SMILES string of the molecule is Cc1nnn[n]1[Sn]([c]1ccccc1)([c]1ccccc1)[c]1ccccc1CN(C)C. The van der Waals surface area contributed by atoms with Gasteiger partial charge in [-0.1, -0.05) is 0 Å². The average Bonchev–Trinajstić information content (AvgIpc) is 3.17. The van der Waals surface area contributed by atoms with Crippen molar-refractivity contribution >= 4 is 29.4 Å². The van der Waals surface area contributed by atoms with Gasteiger partial charge in [-0.3, -0.25) is 0 Å². The number of aryl methyl sites for hydroxylation is 1. The van der Waals surface area contributed by atoms with Gasteiger partial charge in [0.1, 0.15) is 0 Å². The first-order valence-electron chi connectivity index (χ1n) is 9.73. The van der Waals surface area contributed by atoms with Gasteiger partial charge < -0.3 is 0 Å². The second-order valence-corrected chi connectivity index (χ2v) is 17.6. The second kappa shape index (κ2) is 8.47. The predicted octanol–water partition coefficient (Wildman–Crippen LogP) is 1.56. The van der Waals surface area contributed by atoms with Crippen LogP contribution in [0.2, 0.25) is 0 Å². The van der Waals surface area contributed by atoms with Gasteiger partial charge in [-0.15, -0.1) is 0 Å². The zero-order valence-corrected chi connectivity index (χ0v) is 19.9. The second-order valence-electron chi connectivity index (χ2n) is 7.48. The third kappa shape index (κ3) is 3.60. The molecule has 0 bridgehead atoms. The third-order valence-corrected chi connectivity index (χ3v) is 18.5. The molecule has 0 aliphatic carbocycles. The minimum absolute atomic E-state index is 0.855. The maximum atomic E-state index is 4.57. The Morgan fingerprint density at radius 2 is 1.34 bits per heavy atom. The van der Waals surface area contributed by atoms with E-state index in [1.165, 1.54) is 16.3 Å². The normalized spacial score (nSPS) is 11.7. The molecule has 29 heavy (non-hydrogen) atoms. The average molecular weight is 490 g/mol. The van der Waals surface area contributed by atoms with Gasteiger partial charge in [0.25, 0.3) is 0 Å². The van der Waals surface area contributed by atoms with E-state index in [4.69, 9.17) is 0 Å². The number of rotatable bonds is 6. The van der Waals surface area contributed by atoms with Crippen molar-refractivity contribution in [3.63, 3.8) is 0 Å². The third-order valence-electron chi connectivity index (χ3n) is 5.22. The molecule has 4 rings (SSSR count). The number of hydrogen-bond acceptors (Lipinski definition) is 4. The number of aromatic nitrogens is 4. The van der Waals surface area contributed by atoms with Crippen molar-refractivity contribution in [2.45, 2.75) is 13.5 Å². The van der Waals surface area contributed by atoms with Crippen molar-refractivity contribution < 1.29 is 0 Å². The zero-order valence-electron chi connectivity index (χ0n) is 17.0. The Bertz CT molecular complexity index is 1040. The summed E-state index contributed by atoms with van der Waals surface area (Å²) in [4.78, 5) is 2.22. The number of benzene rings is 3. The molecule has 0 aliphatic rings. The van der Waals surface area contributed by atoms with Crippen LogP contribution < -0.4 is 10.7 Å². The van der Waals surface area contributed by atoms with Crippen molar-refractivity contribution in [1.82, 2.24) is 23.3 Å². The van der Waals surface area contributed by atoms with E-state index >= 15 is 0 Å². The Balaban J connectivity index is 2.15. The Morgan fingerprint density at radius 3 is 1.86 bits per heavy atom. The molecule has 4 aromatic rings. The van der Waals surface area contributed by atoms with E-state index in [0.717, 1.165) is 12.4 Å². The maximum absolute atomic E-state index is 4.57. The van der Waals surface area contributed by atoms with E-state index < -0.39 is 18.7 Å². The summed E-state index contributed by atoms with van der Waals surface area (Å²) in [5, 5.41) is 12.9. The summed E-state index contributed by atoms with van der Waals surface area (Å²) >= 11 is -3.81. The molecule has 1 aromatic heterocycles. The molecular weight excluding hydrogens is 465 g/mol. The number of tetrazole rings is 1. The van der Waals surface area contributed by atoms with Gasteiger partial charge in [-0.25, -0.2) is 0 Å². The van der Waals surface area contributed by atoms with Crippen LogP contribution in [0.25, 0.3) is 0 Å². The van der Waals surface area contributed by atoms with E-state index in [1.54, 1.807) is 0 Å². The molecule has 146 valence electrons. The molecule has 0 N–H and O–H groups in total. The Morgan fingerprint density at radius 1 is 0.793 bits per heavy atom. The van der Waals surface area contributed by atoms with E-state index in [1.807, 2.05) is 6.92 Å². The van der Waals surface area contributed by atoms with Gasteiger partial charge in [0.2, 0.25) is 0 Å². The standard InChI is InChI=1S/C9H12N.2C6H5.C2H3N4.Sn/c1-10(2)8-9-6-4-3-5-7-9;2*1-2-4-6-5-3-1;1-2-3-5-6-4-2;/h3-6H,8H2,1-2H3;2*1-5H;1H3;/q;;;-1;+1. The van der Waals surface area contributed by atoms with Gasteiger partial charge in [-0.05, 0) is 0 Å². The fraction of sp³-hybridized carbons (Fsp3) is 0.174. The van der Waals surface area contributed by atoms with Crippen molar-refractivity contribution in [3.8, 4) is 0 Å². The van der Waals surface area contributed by atoms with Crippen LogP contribution in [-0.4, -0.2) is 56.1 Å². The Labute approximate surface area is 176 Å². The van der Waals surface area contributed by atoms with Crippen LogP contribution in [-0.2, 0) is 6.54 Å². The van der Waals surface area contributed by atoms with Crippen LogP contribution in [0.5, 0.6) is 0 Å². The quantitative estimate of drug-likeness (QED) is 0.385. The van der Waals surface area contributed by atoms with Crippen LogP contribution in [0.3, 0.4) is 0 Å². The molecule has 6 heteroatoms.